The fourth-order valence-electron chi connectivity index (χ4n) is 4.96. The molecule has 3 fully saturated rings. The number of amides is 2. The average Bonchev–Trinajstić information content (AvgIpc) is 3.27. The maximum Gasteiger partial charge on any atom is 0.225 e. The molecule has 2 amide bonds. The molecule has 1 N–H and O–H groups in total. The fourth-order valence-corrected chi connectivity index (χ4v) is 4.96. The van der Waals surface area contributed by atoms with Gasteiger partial charge in [-0.15, -0.1) is 0 Å². The maximum absolute atomic E-state index is 12.9. The highest BCUT2D eigenvalue weighted by atomic mass is 16.2. The molecule has 1 aliphatic heterocycles. The van der Waals surface area contributed by atoms with Gasteiger partial charge < -0.3 is 10.2 Å². The van der Waals surface area contributed by atoms with Crippen molar-refractivity contribution in [2.75, 3.05) is 13.1 Å². The molecule has 1 saturated heterocycles. The number of rotatable bonds is 5. The standard InChI is InChI=1S/C19H32N2O2/c1-2-3-10-17(22)21-13-16(19(14-21)11-6-7-12-19)18(23)20-15-8-4-5-9-15/h15-16H,2-14H2,1H3,(H,20,23). The van der Waals surface area contributed by atoms with Crippen LogP contribution in [-0.2, 0) is 9.59 Å². The molecule has 0 aromatic rings. The lowest BCUT2D eigenvalue weighted by Crippen LogP contribution is -2.43. The van der Waals surface area contributed by atoms with Gasteiger partial charge in [-0.3, -0.25) is 9.59 Å². The summed E-state index contributed by atoms with van der Waals surface area (Å²) in [5, 5.41) is 3.30. The number of carbonyl (C=O) groups excluding carboxylic acids is 2. The van der Waals surface area contributed by atoms with Gasteiger partial charge in [0.1, 0.15) is 0 Å². The summed E-state index contributed by atoms with van der Waals surface area (Å²) in [6.45, 7) is 3.59. The molecule has 1 unspecified atom stereocenters. The van der Waals surface area contributed by atoms with Crippen molar-refractivity contribution < 1.29 is 9.59 Å². The molecule has 130 valence electrons. The van der Waals surface area contributed by atoms with E-state index in [2.05, 4.69) is 12.2 Å². The quantitative estimate of drug-likeness (QED) is 0.845. The molecule has 0 bridgehead atoms. The number of nitrogens with one attached hydrogen (secondary N) is 1. The van der Waals surface area contributed by atoms with Crippen LogP contribution in [0, 0.1) is 11.3 Å². The van der Waals surface area contributed by atoms with Crippen molar-refractivity contribution in [2.24, 2.45) is 11.3 Å². The molecule has 2 saturated carbocycles. The summed E-state index contributed by atoms with van der Waals surface area (Å²) in [5.41, 5.74) is 0.0740. The summed E-state index contributed by atoms with van der Waals surface area (Å²) in [6, 6.07) is 0.380. The summed E-state index contributed by atoms with van der Waals surface area (Å²) in [4.78, 5) is 27.3. The van der Waals surface area contributed by atoms with E-state index in [-0.39, 0.29) is 23.1 Å². The van der Waals surface area contributed by atoms with Crippen LogP contribution in [0.5, 0.6) is 0 Å². The number of unbranched alkanes of at least 4 members (excludes halogenated alkanes) is 1. The van der Waals surface area contributed by atoms with Crippen LogP contribution in [0.3, 0.4) is 0 Å². The molecule has 4 nitrogen and oxygen atoms in total. The molecular formula is C19H32N2O2. The molecule has 3 aliphatic rings. The summed E-state index contributed by atoms with van der Waals surface area (Å²) >= 11 is 0. The zero-order valence-corrected chi connectivity index (χ0v) is 14.6. The Morgan fingerprint density at radius 1 is 1.13 bits per heavy atom. The van der Waals surface area contributed by atoms with Crippen LogP contribution >= 0.6 is 0 Å². The molecule has 0 aromatic carbocycles. The zero-order valence-electron chi connectivity index (χ0n) is 14.6. The van der Waals surface area contributed by atoms with Gasteiger partial charge in [-0.25, -0.2) is 0 Å². The normalized spacial score (nSPS) is 27.0. The topological polar surface area (TPSA) is 49.4 Å². The molecule has 0 aromatic heterocycles. The lowest BCUT2D eigenvalue weighted by atomic mass is 9.76. The molecule has 3 rings (SSSR count). The highest BCUT2D eigenvalue weighted by Crippen LogP contribution is 2.49. The van der Waals surface area contributed by atoms with E-state index in [0.29, 0.717) is 19.0 Å². The second kappa shape index (κ2) is 7.23. The molecule has 1 atom stereocenters. The highest BCUT2D eigenvalue weighted by Gasteiger charge is 2.52. The van der Waals surface area contributed by atoms with E-state index >= 15 is 0 Å². The molecule has 23 heavy (non-hydrogen) atoms. The van der Waals surface area contributed by atoms with Crippen LogP contribution in [0.4, 0.5) is 0 Å². The van der Waals surface area contributed by atoms with Gasteiger partial charge in [0, 0.05) is 31.0 Å². The lowest BCUT2D eigenvalue weighted by molar-refractivity contribution is -0.130. The molecule has 2 aliphatic carbocycles. The first-order valence-electron chi connectivity index (χ1n) is 9.73. The Kier molecular flexibility index (Phi) is 5.27. The van der Waals surface area contributed by atoms with Crippen molar-refractivity contribution in [1.29, 1.82) is 0 Å². The van der Waals surface area contributed by atoms with Gasteiger partial charge in [0.05, 0.1) is 5.92 Å². The minimum Gasteiger partial charge on any atom is -0.353 e. The smallest absolute Gasteiger partial charge is 0.225 e. The number of hydrogen-bond acceptors (Lipinski definition) is 2. The van der Waals surface area contributed by atoms with Crippen molar-refractivity contribution in [1.82, 2.24) is 10.2 Å². The average molecular weight is 320 g/mol. The Morgan fingerprint density at radius 3 is 2.48 bits per heavy atom. The maximum atomic E-state index is 12.9. The highest BCUT2D eigenvalue weighted by molar-refractivity contribution is 5.83. The van der Waals surface area contributed by atoms with Gasteiger partial charge in [0.25, 0.3) is 0 Å². The van der Waals surface area contributed by atoms with Gasteiger partial charge in [-0.2, -0.15) is 0 Å². The van der Waals surface area contributed by atoms with E-state index in [4.69, 9.17) is 0 Å². The minimum absolute atomic E-state index is 0.0242. The fraction of sp³-hybridized carbons (Fsp3) is 0.895. The van der Waals surface area contributed by atoms with E-state index in [0.717, 1.165) is 45.1 Å². The van der Waals surface area contributed by atoms with Crippen molar-refractivity contribution in [2.45, 2.75) is 83.6 Å². The second-order valence-corrected chi connectivity index (χ2v) is 7.99. The Labute approximate surface area is 140 Å². The second-order valence-electron chi connectivity index (χ2n) is 7.99. The predicted octanol–water partition coefficient (Wildman–Crippen LogP) is 3.25. The Morgan fingerprint density at radius 2 is 1.83 bits per heavy atom. The third-order valence-electron chi connectivity index (χ3n) is 6.36. The van der Waals surface area contributed by atoms with Crippen molar-refractivity contribution in [3.05, 3.63) is 0 Å². The third-order valence-corrected chi connectivity index (χ3v) is 6.36. The lowest BCUT2D eigenvalue weighted by Gasteiger charge is -2.29. The molecule has 1 spiro atoms. The van der Waals surface area contributed by atoms with Crippen LogP contribution in [0.15, 0.2) is 0 Å². The third kappa shape index (κ3) is 3.56. The number of nitrogens with zero attached hydrogens (tertiary/aromatic N) is 1. The largest absolute Gasteiger partial charge is 0.353 e. The Balaban J connectivity index is 1.66. The van der Waals surface area contributed by atoms with E-state index in [9.17, 15) is 9.59 Å². The van der Waals surface area contributed by atoms with Crippen LogP contribution in [0.1, 0.15) is 77.6 Å². The van der Waals surface area contributed by atoms with Gasteiger partial charge >= 0.3 is 0 Å². The Hall–Kier alpha value is -1.06. The van der Waals surface area contributed by atoms with E-state index in [1.807, 2.05) is 4.90 Å². The number of likely N-dealkylation sites (tertiary alicyclic amines) is 1. The van der Waals surface area contributed by atoms with Crippen molar-refractivity contribution >= 4 is 11.8 Å². The minimum atomic E-state index is 0.0242. The van der Waals surface area contributed by atoms with Gasteiger partial charge in [-0.1, -0.05) is 39.0 Å². The number of hydrogen-bond donors (Lipinski definition) is 1. The summed E-state index contributed by atoms with van der Waals surface area (Å²) in [7, 11) is 0. The summed E-state index contributed by atoms with van der Waals surface area (Å²) in [5.74, 6) is 0.509. The summed E-state index contributed by atoms with van der Waals surface area (Å²) in [6.07, 6.45) is 12.1. The van der Waals surface area contributed by atoms with Crippen LogP contribution in [0.2, 0.25) is 0 Å². The summed E-state index contributed by atoms with van der Waals surface area (Å²) < 4.78 is 0. The van der Waals surface area contributed by atoms with Crippen molar-refractivity contribution in [3.63, 3.8) is 0 Å². The van der Waals surface area contributed by atoms with Gasteiger partial charge in [0.2, 0.25) is 11.8 Å². The number of carbonyl (C=O) groups is 2. The van der Waals surface area contributed by atoms with Crippen molar-refractivity contribution in [3.8, 4) is 0 Å². The molecular weight excluding hydrogens is 288 g/mol. The van der Waals surface area contributed by atoms with Gasteiger partial charge in [-0.05, 0) is 32.1 Å². The van der Waals surface area contributed by atoms with Crippen LogP contribution in [-0.4, -0.2) is 35.8 Å². The SMILES string of the molecule is CCCCC(=O)N1CC(C(=O)NC2CCCC2)C2(CCCC2)C1. The van der Waals surface area contributed by atoms with Crippen LogP contribution < -0.4 is 5.32 Å². The first-order chi connectivity index (χ1) is 11.1. The molecule has 0 radical (unpaired) electrons. The Bertz CT molecular complexity index is 437. The zero-order chi connectivity index (χ0) is 16.3. The first-order valence-corrected chi connectivity index (χ1v) is 9.73. The first kappa shape index (κ1) is 16.8. The monoisotopic (exact) mass is 320 g/mol. The molecule has 1 heterocycles. The van der Waals surface area contributed by atoms with E-state index in [1.54, 1.807) is 0 Å². The molecule has 4 heteroatoms. The van der Waals surface area contributed by atoms with E-state index in [1.165, 1.54) is 25.7 Å². The van der Waals surface area contributed by atoms with Crippen LogP contribution in [0.25, 0.3) is 0 Å². The van der Waals surface area contributed by atoms with Gasteiger partial charge in [0.15, 0.2) is 0 Å². The van der Waals surface area contributed by atoms with E-state index < -0.39 is 0 Å². The predicted molar refractivity (Wildman–Crippen MR) is 90.9 cm³/mol.